The first-order valence-electron chi connectivity index (χ1n) is 9.93. The Kier molecular flexibility index (Phi) is 9.22. The molecule has 0 aliphatic heterocycles. The maximum Gasteiger partial charge on any atom is 0.261 e. The van der Waals surface area contributed by atoms with E-state index in [9.17, 15) is 9.59 Å². The first-order valence-corrected chi connectivity index (χ1v) is 11.5. The van der Waals surface area contributed by atoms with Gasteiger partial charge in [0.1, 0.15) is 11.8 Å². The van der Waals surface area contributed by atoms with Gasteiger partial charge in [0, 0.05) is 32.7 Å². The molecule has 5 nitrogen and oxygen atoms in total. The third-order valence-electron chi connectivity index (χ3n) is 4.76. The van der Waals surface area contributed by atoms with Crippen LogP contribution in [0.3, 0.4) is 0 Å². The van der Waals surface area contributed by atoms with Crippen LogP contribution in [-0.4, -0.2) is 35.4 Å². The number of nitrogens with zero attached hydrogens (tertiary/aromatic N) is 1. The maximum atomic E-state index is 13.1. The van der Waals surface area contributed by atoms with Gasteiger partial charge in [0.05, 0.1) is 0 Å². The molecular weight excluding hydrogens is 503 g/mol. The highest BCUT2D eigenvalue weighted by Gasteiger charge is 2.28. The Balaban J connectivity index is 2.26. The van der Waals surface area contributed by atoms with Gasteiger partial charge in [-0.1, -0.05) is 45.2 Å². The van der Waals surface area contributed by atoms with Crippen molar-refractivity contribution >= 4 is 50.9 Å². The standard InChI is InChI=1S/C23H27BrCl2N2O3/c1-13(2)27-23(30)16(5)28(11-18-19(25)7-6-8-20(18)26)21(29)12-31-17-9-14(3)22(24)15(4)10-17/h6-10,13,16H,11-12H2,1-5H3,(H,27,30). The minimum Gasteiger partial charge on any atom is -0.484 e. The number of halogens is 3. The van der Waals surface area contributed by atoms with E-state index in [0.717, 1.165) is 15.6 Å². The predicted octanol–water partition coefficient (Wildman–Crippen LogP) is 5.69. The SMILES string of the molecule is Cc1cc(OCC(=O)N(Cc2c(Cl)cccc2Cl)C(C)C(=O)NC(C)C)cc(C)c1Br. The fourth-order valence-corrected chi connectivity index (χ4v) is 3.80. The molecule has 168 valence electrons. The zero-order valence-corrected chi connectivity index (χ0v) is 21.4. The summed E-state index contributed by atoms with van der Waals surface area (Å²) in [5, 5.41) is 3.71. The van der Waals surface area contributed by atoms with Gasteiger partial charge >= 0.3 is 0 Å². The molecule has 8 heteroatoms. The van der Waals surface area contributed by atoms with E-state index in [4.69, 9.17) is 27.9 Å². The first-order chi connectivity index (χ1) is 14.5. The Morgan fingerprint density at radius 2 is 1.65 bits per heavy atom. The van der Waals surface area contributed by atoms with E-state index in [1.54, 1.807) is 25.1 Å². The fourth-order valence-electron chi connectivity index (χ4n) is 3.06. The maximum absolute atomic E-state index is 13.1. The Hall–Kier alpha value is -1.76. The molecule has 0 aliphatic rings. The average molecular weight is 530 g/mol. The van der Waals surface area contributed by atoms with E-state index in [1.165, 1.54) is 4.90 Å². The first kappa shape index (κ1) is 25.5. The van der Waals surface area contributed by atoms with Gasteiger partial charge in [0.2, 0.25) is 5.91 Å². The van der Waals surface area contributed by atoms with Gasteiger partial charge in [-0.3, -0.25) is 9.59 Å². The molecular formula is C23H27BrCl2N2O3. The Morgan fingerprint density at radius 1 is 1.10 bits per heavy atom. The molecule has 0 bridgehead atoms. The van der Waals surface area contributed by atoms with E-state index >= 15 is 0 Å². The van der Waals surface area contributed by atoms with Gasteiger partial charge in [0.25, 0.3) is 5.91 Å². The third kappa shape index (κ3) is 6.86. The summed E-state index contributed by atoms with van der Waals surface area (Å²) in [5.74, 6) is -0.0240. The van der Waals surface area contributed by atoms with Crippen LogP contribution >= 0.6 is 39.1 Å². The average Bonchev–Trinajstić information content (AvgIpc) is 2.69. The molecule has 0 saturated heterocycles. The van der Waals surface area contributed by atoms with Gasteiger partial charge in [-0.05, 0) is 70.0 Å². The van der Waals surface area contributed by atoms with Gasteiger partial charge in [-0.15, -0.1) is 0 Å². The molecule has 0 aliphatic carbocycles. The van der Waals surface area contributed by atoms with Crippen molar-refractivity contribution in [3.63, 3.8) is 0 Å². The van der Waals surface area contributed by atoms with Crippen LogP contribution in [0.4, 0.5) is 0 Å². The molecule has 0 fully saturated rings. The highest BCUT2D eigenvalue weighted by Crippen LogP contribution is 2.28. The second-order valence-corrected chi connectivity index (χ2v) is 9.33. The molecule has 0 radical (unpaired) electrons. The number of ether oxygens (including phenoxy) is 1. The zero-order valence-electron chi connectivity index (χ0n) is 18.3. The van der Waals surface area contributed by atoms with Gasteiger partial charge in [0.15, 0.2) is 6.61 Å². The molecule has 31 heavy (non-hydrogen) atoms. The zero-order chi connectivity index (χ0) is 23.3. The van der Waals surface area contributed by atoms with Crippen molar-refractivity contribution < 1.29 is 14.3 Å². The van der Waals surface area contributed by atoms with E-state index in [2.05, 4.69) is 21.2 Å². The Morgan fingerprint density at radius 3 is 2.16 bits per heavy atom. The summed E-state index contributed by atoms with van der Waals surface area (Å²) < 4.78 is 6.77. The van der Waals surface area contributed by atoms with Crippen LogP contribution in [0.15, 0.2) is 34.8 Å². The summed E-state index contributed by atoms with van der Waals surface area (Å²) >= 11 is 16.1. The van der Waals surface area contributed by atoms with Crippen molar-refractivity contribution in [2.75, 3.05) is 6.61 Å². The number of hydrogen-bond acceptors (Lipinski definition) is 3. The normalized spacial score (nSPS) is 11.9. The van der Waals surface area contributed by atoms with Crippen LogP contribution < -0.4 is 10.1 Å². The van der Waals surface area contributed by atoms with Gasteiger partial charge in [-0.2, -0.15) is 0 Å². The van der Waals surface area contributed by atoms with Crippen LogP contribution in [0.5, 0.6) is 5.75 Å². The third-order valence-corrected chi connectivity index (χ3v) is 6.72. The number of hydrogen-bond donors (Lipinski definition) is 1. The van der Waals surface area contributed by atoms with Crippen molar-refractivity contribution in [1.29, 1.82) is 0 Å². The minimum absolute atomic E-state index is 0.0548. The number of carbonyl (C=O) groups excluding carboxylic acids is 2. The smallest absolute Gasteiger partial charge is 0.261 e. The molecule has 0 saturated carbocycles. The molecule has 2 aromatic carbocycles. The molecule has 1 unspecified atom stereocenters. The lowest BCUT2D eigenvalue weighted by molar-refractivity contribution is -0.142. The van der Waals surface area contributed by atoms with Crippen LogP contribution in [0, 0.1) is 13.8 Å². The minimum atomic E-state index is -0.737. The van der Waals surface area contributed by atoms with Crippen LogP contribution in [0.2, 0.25) is 10.0 Å². The van der Waals surface area contributed by atoms with Crippen molar-refractivity contribution in [1.82, 2.24) is 10.2 Å². The van der Waals surface area contributed by atoms with Crippen molar-refractivity contribution in [3.8, 4) is 5.75 Å². The summed E-state index contributed by atoms with van der Waals surface area (Å²) in [6.07, 6.45) is 0. The lowest BCUT2D eigenvalue weighted by Crippen LogP contribution is -2.50. The van der Waals surface area contributed by atoms with Crippen molar-refractivity contribution in [2.45, 2.75) is 53.2 Å². The van der Waals surface area contributed by atoms with Gasteiger partial charge in [-0.25, -0.2) is 0 Å². The molecule has 2 aromatic rings. The van der Waals surface area contributed by atoms with Gasteiger partial charge < -0.3 is 15.0 Å². The summed E-state index contributed by atoms with van der Waals surface area (Å²) in [6, 6.07) is 8.06. The monoisotopic (exact) mass is 528 g/mol. The Labute approximate surface area is 202 Å². The van der Waals surface area contributed by atoms with Crippen LogP contribution in [0.1, 0.15) is 37.5 Å². The lowest BCUT2D eigenvalue weighted by atomic mass is 10.1. The van der Waals surface area contributed by atoms with Crippen LogP contribution in [-0.2, 0) is 16.1 Å². The van der Waals surface area contributed by atoms with Crippen LogP contribution in [0.25, 0.3) is 0 Å². The fraction of sp³-hybridized carbons (Fsp3) is 0.391. The molecule has 0 heterocycles. The highest BCUT2D eigenvalue weighted by atomic mass is 79.9. The molecule has 0 spiro atoms. The van der Waals surface area contributed by atoms with E-state index in [0.29, 0.717) is 21.4 Å². The summed E-state index contributed by atoms with van der Waals surface area (Å²) in [6.45, 7) is 9.18. The number of carbonyl (C=O) groups is 2. The summed E-state index contributed by atoms with van der Waals surface area (Å²) in [7, 11) is 0. The lowest BCUT2D eigenvalue weighted by Gasteiger charge is -2.30. The topological polar surface area (TPSA) is 58.6 Å². The second-order valence-electron chi connectivity index (χ2n) is 7.72. The van der Waals surface area contributed by atoms with E-state index in [1.807, 2.05) is 39.8 Å². The summed E-state index contributed by atoms with van der Waals surface area (Å²) in [5.41, 5.74) is 2.59. The molecule has 2 rings (SSSR count). The molecule has 1 atom stereocenters. The van der Waals surface area contributed by atoms with Crippen molar-refractivity contribution in [2.24, 2.45) is 0 Å². The highest BCUT2D eigenvalue weighted by molar-refractivity contribution is 9.10. The molecule has 2 amide bonds. The number of nitrogens with one attached hydrogen (secondary N) is 1. The Bertz CT molecular complexity index is 923. The molecule has 0 aromatic heterocycles. The largest absolute Gasteiger partial charge is 0.484 e. The van der Waals surface area contributed by atoms with Crippen molar-refractivity contribution in [3.05, 3.63) is 61.5 Å². The molecule has 1 N–H and O–H groups in total. The number of benzene rings is 2. The number of rotatable bonds is 8. The number of amides is 2. The number of aryl methyl sites for hydroxylation is 2. The van der Waals surface area contributed by atoms with E-state index in [-0.39, 0.29) is 31.0 Å². The predicted molar refractivity (Wildman–Crippen MR) is 129 cm³/mol. The summed E-state index contributed by atoms with van der Waals surface area (Å²) in [4.78, 5) is 27.2. The second kappa shape index (κ2) is 11.2. The quantitative estimate of drug-likeness (QED) is 0.477. The van der Waals surface area contributed by atoms with E-state index < -0.39 is 6.04 Å².